The molecular weight excluding hydrogens is 258 g/mol. The number of nitriles is 1. The monoisotopic (exact) mass is 285 g/mol. The minimum atomic E-state index is -1.43. The highest BCUT2D eigenvalue weighted by Gasteiger charge is 2.43. The van der Waals surface area contributed by atoms with E-state index < -0.39 is 17.4 Å². The van der Waals surface area contributed by atoms with Crippen LogP contribution in [0.5, 0.6) is 0 Å². The van der Waals surface area contributed by atoms with E-state index in [1.807, 2.05) is 33.8 Å². The number of hydrogen-bond donors (Lipinski definition) is 0. The normalized spacial score (nSPS) is 12.5. The van der Waals surface area contributed by atoms with Crippen LogP contribution in [-0.2, 0) is 19.1 Å². The van der Waals surface area contributed by atoms with Crippen molar-refractivity contribution in [2.45, 2.75) is 54.4 Å². The largest absolute Gasteiger partial charge is 0.466 e. The average molecular weight is 285 g/mol. The maximum absolute atomic E-state index is 11.9. The molecule has 0 aliphatic carbocycles. The summed E-state index contributed by atoms with van der Waals surface area (Å²) in [6, 6.07) is 1.95. The molecule has 0 radical (unpaired) electrons. The first kappa shape index (κ1) is 20.7. The molecule has 20 heavy (non-hydrogen) atoms. The molecule has 0 bridgehead atoms. The zero-order chi connectivity index (χ0) is 16.2. The van der Waals surface area contributed by atoms with Crippen LogP contribution in [0.15, 0.2) is 0 Å². The molecule has 1 unspecified atom stereocenters. The van der Waals surface area contributed by atoms with Gasteiger partial charge < -0.3 is 9.47 Å². The van der Waals surface area contributed by atoms with Crippen LogP contribution in [0.2, 0.25) is 0 Å². The highest BCUT2D eigenvalue weighted by atomic mass is 16.5. The molecule has 0 rings (SSSR count). The number of ether oxygens (including phenoxy) is 2. The van der Waals surface area contributed by atoms with E-state index in [1.54, 1.807) is 13.8 Å². The van der Waals surface area contributed by atoms with Crippen molar-refractivity contribution < 1.29 is 19.1 Å². The van der Waals surface area contributed by atoms with E-state index in [2.05, 4.69) is 0 Å². The molecule has 0 fully saturated rings. The van der Waals surface area contributed by atoms with E-state index >= 15 is 0 Å². The van der Waals surface area contributed by atoms with Crippen LogP contribution in [0.25, 0.3) is 0 Å². The molecule has 0 aromatic heterocycles. The Morgan fingerprint density at radius 3 is 2.00 bits per heavy atom. The van der Waals surface area contributed by atoms with Crippen molar-refractivity contribution in [1.29, 1.82) is 5.26 Å². The van der Waals surface area contributed by atoms with Crippen LogP contribution in [0.1, 0.15) is 54.4 Å². The summed E-state index contributed by atoms with van der Waals surface area (Å²) in [6.07, 6.45) is 0.0233. The van der Waals surface area contributed by atoms with Gasteiger partial charge in [0.2, 0.25) is 0 Å². The number of carbonyl (C=O) groups is 2. The molecule has 0 saturated carbocycles. The number of esters is 2. The zero-order valence-electron chi connectivity index (χ0n) is 13.5. The Morgan fingerprint density at radius 1 is 1.15 bits per heavy atom. The summed E-state index contributed by atoms with van der Waals surface area (Å²) in [6.45, 7) is 11.5. The van der Waals surface area contributed by atoms with Gasteiger partial charge in [-0.1, -0.05) is 27.7 Å². The van der Waals surface area contributed by atoms with Gasteiger partial charge in [0.25, 0.3) is 0 Å². The predicted octanol–water partition coefficient (Wildman–Crippen LogP) is 3.08. The first-order valence-corrected chi connectivity index (χ1v) is 7.16. The second-order valence-electron chi connectivity index (χ2n) is 4.49. The number of carbonyl (C=O) groups excluding carboxylic acids is 2. The van der Waals surface area contributed by atoms with Crippen LogP contribution < -0.4 is 0 Å². The van der Waals surface area contributed by atoms with Gasteiger partial charge in [-0.05, 0) is 26.2 Å². The molecule has 0 aromatic rings. The SMILES string of the molecule is CC.CCOC(=O)CC(C#N)(CC(C)C)C(=O)OCC. The second kappa shape index (κ2) is 11.3. The molecule has 0 N–H and O–H groups in total. The Labute approximate surface area is 122 Å². The fourth-order valence-electron chi connectivity index (χ4n) is 1.78. The first-order valence-electron chi connectivity index (χ1n) is 7.16. The Morgan fingerprint density at radius 2 is 1.65 bits per heavy atom. The second-order valence-corrected chi connectivity index (χ2v) is 4.49. The maximum atomic E-state index is 11.9. The molecule has 5 nitrogen and oxygen atoms in total. The lowest BCUT2D eigenvalue weighted by Crippen LogP contribution is -2.36. The summed E-state index contributed by atoms with van der Waals surface area (Å²) in [7, 11) is 0. The molecule has 0 aromatic carbocycles. The summed E-state index contributed by atoms with van der Waals surface area (Å²) in [5.41, 5.74) is -1.43. The Bertz CT molecular complexity index is 333. The van der Waals surface area contributed by atoms with Crippen LogP contribution in [0.4, 0.5) is 0 Å². The van der Waals surface area contributed by atoms with Crippen LogP contribution in [0, 0.1) is 22.7 Å². The molecule has 0 heterocycles. The number of nitrogens with zero attached hydrogens (tertiary/aromatic N) is 1. The van der Waals surface area contributed by atoms with Crippen molar-refractivity contribution in [2.75, 3.05) is 13.2 Å². The summed E-state index contributed by atoms with van der Waals surface area (Å²) in [5, 5.41) is 9.28. The Balaban J connectivity index is 0. The highest BCUT2D eigenvalue weighted by Crippen LogP contribution is 2.32. The third-order valence-corrected chi connectivity index (χ3v) is 2.39. The van der Waals surface area contributed by atoms with Gasteiger partial charge in [-0.3, -0.25) is 9.59 Å². The number of hydrogen-bond acceptors (Lipinski definition) is 5. The Hall–Kier alpha value is -1.57. The fraction of sp³-hybridized carbons (Fsp3) is 0.800. The lowest BCUT2D eigenvalue weighted by Gasteiger charge is -2.25. The lowest BCUT2D eigenvalue weighted by atomic mass is 9.78. The smallest absolute Gasteiger partial charge is 0.327 e. The van der Waals surface area contributed by atoms with Crippen molar-refractivity contribution >= 4 is 11.9 Å². The summed E-state index contributed by atoms with van der Waals surface area (Å²) >= 11 is 0. The van der Waals surface area contributed by atoms with Gasteiger partial charge in [0.1, 0.15) is 0 Å². The molecule has 0 spiro atoms. The molecule has 0 aliphatic heterocycles. The van der Waals surface area contributed by atoms with E-state index in [9.17, 15) is 14.9 Å². The molecule has 0 amide bonds. The van der Waals surface area contributed by atoms with Crippen molar-refractivity contribution in [1.82, 2.24) is 0 Å². The van der Waals surface area contributed by atoms with Crippen molar-refractivity contribution in [3.05, 3.63) is 0 Å². The minimum absolute atomic E-state index is 0.100. The van der Waals surface area contributed by atoms with E-state index in [-0.39, 0.29) is 32.0 Å². The molecule has 0 saturated heterocycles. The van der Waals surface area contributed by atoms with Gasteiger partial charge in [-0.2, -0.15) is 5.26 Å². The van der Waals surface area contributed by atoms with Crippen molar-refractivity contribution in [3.8, 4) is 6.07 Å². The fourth-order valence-corrected chi connectivity index (χ4v) is 1.78. The molecular formula is C15H27NO4. The first-order chi connectivity index (χ1) is 9.41. The minimum Gasteiger partial charge on any atom is -0.466 e. The highest BCUT2D eigenvalue weighted by molar-refractivity contribution is 5.86. The van der Waals surface area contributed by atoms with Crippen LogP contribution in [0.3, 0.4) is 0 Å². The molecule has 5 heteroatoms. The van der Waals surface area contributed by atoms with Crippen molar-refractivity contribution in [2.24, 2.45) is 11.3 Å². The zero-order valence-corrected chi connectivity index (χ0v) is 13.5. The van der Waals surface area contributed by atoms with Gasteiger partial charge >= 0.3 is 11.9 Å². The van der Waals surface area contributed by atoms with Gasteiger partial charge in [0, 0.05) is 0 Å². The average Bonchev–Trinajstić information content (AvgIpc) is 2.40. The Kier molecular flexibility index (Phi) is 11.7. The van der Waals surface area contributed by atoms with Gasteiger partial charge in [-0.15, -0.1) is 0 Å². The molecule has 0 aliphatic rings. The maximum Gasteiger partial charge on any atom is 0.327 e. The molecule has 1 atom stereocenters. The summed E-state index contributed by atoms with van der Waals surface area (Å²) < 4.78 is 9.72. The van der Waals surface area contributed by atoms with Gasteiger partial charge in [-0.25, -0.2) is 0 Å². The van der Waals surface area contributed by atoms with E-state index in [0.29, 0.717) is 0 Å². The van der Waals surface area contributed by atoms with E-state index in [0.717, 1.165) is 0 Å². The van der Waals surface area contributed by atoms with Crippen molar-refractivity contribution in [3.63, 3.8) is 0 Å². The van der Waals surface area contributed by atoms with Crippen LogP contribution in [-0.4, -0.2) is 25.2 Å². The lowest BCUT2D eigenvalue weighted by molar-refractivity contribution is -0.159. The summed E-state index contributed by atoms with van der Waals surface area (Å²) in [5.74, 6) is -1.09. The third-order valence-electron chi connectivity index (χ3n) is 2.39. The molecule has 116 valence electrons. The standard InChI is InChI=1S/C13H21NO4.C2H6/c1-5-17-11(15)8-13(9-14,7-10(3)4)12(16)18-6-2;1-2/h10H,5-8H2,1-4H3;1-2H3. The third kappa shape index (κ3) is 7.13. The quantitative estimate of drug-likeness (QED) is 0.672. The van der Waals surface area contributed by atoms with Gasteiger partial charge in [0.15, 0.2) is 5.41 Å². The summed E-state index contributed by atoms with van der Waals surface area (Å²) in [4.78, 5) is 23.4. The van der Waals surface area contributed by atoms with Crippen LogP contribution >= 0.6 is 0 Å². The topological polar surface area (TPSA) is 76.4 Å². The predicted molar refractivity (Wildman–Crippen MR) is 76.7 cm³/mol. The van der Waals surface area contributed by atoms with E-state index in [4.69, 9.17) is 9.47 Å². The number of rotatable bonds is 7. The van der Waals surface area contributed by atoms with E-state index in [1.165, 1.54) is 0 Å². The van der Waals surface area contributed by atoms with Gasteiger partial charge in [0.05, 0.1) is 25.7 Å².